The third-order valence-corrected chi connectivity index (χ3v) is 7.05. The van der Waals surface area contributed by atoms with E-state index < -0.39 is 0 Å². The highest BCUT2D eigenvalue weighted by atomic mass is 32.2. The molecule has 2 saturated carbocycles. The van der Waals surface area contributed by atoms with Crippen molar-refractivity contribution < 1.29 is 0 Å². The predicted molar refractivity (Wildman–Crippen MR) is 76.5 cm³/mol. The highest BCUT2D eigenvalue weighted by Gasteiger charge is 2.59. The molecule has 2 bridgehead atoms. The quantitative estimate of drug-likeness (QED) is 0.805. The third-order valence-electron chi connectivity index (χ3n) is 5.83. The van der Waals surface area contributed by atoms with Gasteiger partial charge in [-0.25, -0.2) is 0 Å². The fourth-order valence-electron chi connectivity index (χ4n) is 4.83. The second-order valence-electron chi connectivity index (χ2n) is 7.43. The monoisotopic (exact) mass is 253 g/mol. The Hall–Kier alpha value is 0.310. The Morgan fingerprint density at radius 3 is 2.59 bits per heavy atom. The van der Waals surface area contributed by atoms with Crippen LogP contribution >= 0.6 is 11.8 Å². The molecule has 0 aromatic rings. The summed E-state index contributed by atoms with van der Waals surface area (Å²) in [5.74, 6) is 3.70. The van der Waals surface area contributed by atoms with Gasteiger partial charge < -0.3 is 5.32 Å². The van der Waals surface area contributed by atoms with E-state index in [1.165, 1.54) is 43.6 Å². The first-order valence-electron chi connectivity index (χ1n) is 7.36. The van der Waals surface area contributed by atoms with Gasteiger partial charge in [-0.15, -0.1) is 0 Å². The van der Waals surface area contributed by atoms with Gasteiger partial charge in [0, 0.05) is 17.8 Å². The molecule has 0 spiro atoms. The van der Waals surface area contributed by atoms with Gasteiger partial charge in [-0.1, -0.05) is 20.8 Å². The van der Waals surface area contributed by atoms with Crippen molar-refractivity contribution in [2.45, 2.75) is 65.0 Å². The molecule has 1 saturated heterocycles. The minimum Gasteiger partial charge on any atom is -0.309 e. The molecule has 3 aliphatic rings. The fourth-order valence-corrected chi connectivity index (χ4v) is 5.91. The van der Waals surface area contributed by atoms with Crippen LogP contribution in [0.4, 0.5) is 0 Å². The van der Waals surface area contributed by atoms with Crippen LogP contribution in [0.5, 0.6) is 0 Å². The zero-order valence-electron chi connectivity index (χ0n) is 11.6. The van der Waals surface area contributed by atoms with E-state index >= 15 is 0 Å². The summed E-state index contributed by atoms with van der Waals surface area (Å²) in [4.78, 5) is 0. The Morgan fingerprint density at radius 1 is 1.18 bits per heavy atom. The molecule has 3 rings (SSSR count). The van der Waals surface area contributed by atoms with Crippen molar-refractivity contribution in [3.63, 3.8) is 0 Å². The van der Waals surface area contributed by atoms with Gasteiger partial charge in [0.1, 0.15) is 0 Å². The molecule has 2 unspecified atom stereocenters. The van der Waals surface area contributed by atoms with E-state index in [2.05, 4.69) is 37.8 Å². The van der Waals surface area contributed by atoms with E-state index in [1.807, 2.05) is 0 Å². The lowest BCUT2D eigenvalue weighted by Crippen LogP contribution is -2.54. The van der Waals surface area contributed by atoms with E-state index in [1.54, 1.807) is 0 Å². The van der Waals surface area contributed by atoms with Gasteiger partial charge in [0.05, 0.1) is 0 Å². The van der Waals surface area contributed by atoms with E-state index in [0.717, 1.165) is 18.0 Å². The van der Waals surface area contributed by atoms with Crippen molar-refractivity contribution in [2.75, 3.05) is 11.5 Å². The topological polar surface area (TPSA) is 12.0 Å². The molecule has 3 fully saturated rings. The van der Waals surface area contributed by atoms with Crippen molar-refractivity contribution >= 4 is 11.8 Å². The van der Waals surface area contributed by atoms with Crippen LogP contribution in [-0.2, 0) is 0 Å². The highest BCUT2D eigenvalue weighted by molar-refractivity contribution is 7.99. The molecule has 0 amide bonds. The second kappa shape index (κ2) is 4.16. The molecule has 0 radical (unpaired) electrons. The smallest absolute Gasteiger partial charge is 0.0178 e. The Balaban J connectivity index is 1.73. The molecule has 0 aromatic carbocycles. The summed E-state index contributed by atoms with van der Waals surface area (Å²) in [7, 11) is 0. The van der Waals surface area contributed by atoms with Crippen LogP contribution in [0.25, 0.3) is 0 Å². The molecular formula is C15H27NS. The van der Waals surface area contributed by atoms with Crippen molar-refractivity contribution in [1.29, 1.82) is 0 Å². The van der Waals surface area contributed by atoms with Gasteiger partial charge in [0.2, 0.25) is 0 Å². The number of hydrogen-bond donors (Lipinski definition) is 1. The van der Waals surface area contributed by atoms with Gasteiger partial charge in [0.15, 0.2) is 0 Å². The van der Waals surface area contributed by atoms with Gasteiger partial charge in [-0.3, -0.25) is 0 Å². The van der Waals surface area contributed by atoms with Crippen LogP contribution < -0.4 is 5.32 Å². The summed E-state index contributed by atoms with van der Waals surface area (Å²) in [5, 5.41) is 4.06. The summed E-state index contributed by atoms with van der Waals surface area (Å²) < 4.78 is 0. The maximum atomic E-state index is 4.06. The molecule has 98 valence electrons. The SMILES string of the molecule is CC1(C)C(NC2CCCSC2)[C@]2(C)CC[C@H]1C2. The largest absolute Gasteiger partial charge is 0.309 e. The Morgan fingerprint density at radius 2 is 2.00 bits per heavy atom. The zero-order chi connectivity index (χ0) is 12.1. The molecule has 4 atom stereocenters. The van der Waals surface area contributed by atoms with Crippen molar-refractivity contribution in [1.82, 2.24) is 5.32 Å². The number of hydrogen-bond acceptors (Lipinski definition) is 2. The van der Waals surface area contributed by atoms with Gasteiger partial charge >= 0.3 is 0 Å². The maximum absolute atomic E-state index is 4.06. The lowest BCUT2D eigenvalue weighted by molar-refractivity contribution is 0.0993. The van der Waals surface area contributed by atoms with Gasteiger partial charge in [-0.05, 0) is 54.6 Å². The maximum Gasteiger partial charge on any atom is 0.0178 e. The summed E-state index contributed by atoms with van der Waals surface area (Å²) in [6, 6.07) is 1.55. The molecule has 1 heterocycles. The average Bonchev–Trinajstić information content (AvgIpc) is 2.77. The number of thioether (sulfide) groups is 1. The van der Waals surface area contributed by atoms with Gasteiger partial charge in [0.25, 0.3) is 0 Å². The Bertz CT molecular complexity index is 291. The second-order valence-corrected chi connectivity index (χ2v) is 8.58. The van der Waals surface area contributed by atoms with Crippen molar-refractivity contribution in [2.24, 2.45) is 16.7 Å². The molecular weight excluding hydrogens is 226 g/mol. The molecule has 17 heavy (non-hydrogen) atoms. The summed E-state index contributed by atoms with van der Waals surface area (Å²) in [6.45, 7) is 7.56. The molecule has 1 aliphatic heterocycles. The minimum absolute atomic E-state index is 0.523. The number of nitrogens with one attached hydrogen (secondary N) is 1. The van der Waals surface area contributed by atoms with Gasteiger partial charge in [-0.2, -0.15) is 11.8 Å². The van der Waals surface area contributed by atoms with Crippen LogP contribution in [0.3, 0.4) is 0 Å². The first kappa shape index (κ1) is 12.3. The number of fused-ring (bicyclic) bond motifs is 2. The fraction of sp³-hybridized carbons (Fsp3) is 1.00. The molecule has 2 aliphatic carbocycles. The molecule has 1 N–H and O–H groups in total. The normalized spacial score (nSPS) is 48.5. The summed E-state index contributed by atoms with van der Waals surface area (Å²) in [5.41, 5.74) is 1.12. The Kier molecular flexibility index (Phi) is 3.02. The van der Waals surface area contributed by atoms with Crippen LogP contribution in [0.15, 0.2) is 0 Å². The summed E-state index contributed by atoms with van der Waals surface area (Å²) in [6.07, 6.45) is 7.22. The van der Waals surface area contributed by atoms with E-state index in [4.69, 9.17) is 0 Å². The van der Waals surface area contributed by atoms with E-state index in [0.29, 0.717) is 10.8 Å². The van der Waals surface area contributed by atoms with Crippen LogP contribution in [0.1, 0.15) is 52.9 Å². The third kappa shape index (κ3) is 1.96. The Labute approximate surface area is 111 Å². The van der Waals surface area contributed by atoms with E-state index in [9.17, 15) is 0 Å². The van der Waals surface area contributed by atoms with Crippen LogP contribution in [0.2, 0.25) is 0 Å². The first-order chi connectivity index (χ1) is 8.02. The molecule has 1 nitrogen and oxygen atoms in total. The average molecular weight is 253 g/mol. The van der Waals surface area contributed by atoms with Crippen molar-refractivity contribution in [3.8, 4) is 0 Å². The lowest BCUT2D eigenvalue weighted by atomic mass is 9.68. The first-order valence-corrected chi connectivity index (χ1v) is 8.52. The minimum atomic E-state index is 0.523. The van der Waals surface area contributed by atoms with Crippen LogP contribution in [-0.4, -0.2) is 23.6 Å². The van der Waals surface area contributed by atoms with E-state index in [-0.39, 0.29) is 0 Å². The summed E-state index contributed by atoms with van der Waals surface area (Å²) >= 11 is 2.14. The highest BCUT2D eigenvalue weighted by Crippen LogP contribution is 2.62. The number of rotatable bonds is 2. The zero-order valence-corrected chi connectivity index (χ0v) is 12.4. The predicted octanol–water partition coefficient (Wildman–Crippen LogP) is 3.69. The standard InChI is InChI=1S/C15H27NS/c1-14(2)11-6-7-15(3,9-11)13(14)16-12-5-4-8-17-10-12/h11-13,16H,4-10H2,1-3H3/t11-,12?,13?,15+/m0/s1. The molecule has 2 heteroatoms. The van der Waals surface area contributed by atoms with Crippen molar-refractivity contribution in [3.05, 3.63) is 0 Å². The lowest BCUT2D eigenvalue weighted by Gasteiger charge is -2.45. The molecule has 0 aromatic heterocycles. The van der Waals surface area contributed by atoms with Crippen LogP contribution in [0, 0.1) is 16.7 Å².